The van der Waals surface area contributed by atoms with Gasteiger partial charge in [0.25, 0.3) is 0 Å². The lowest BCUT2D eigenvalue weighted by atomic mass is 9.91. The number of nitrogens with zero attached hydrogens (tertiary/aromatic N) is 1. The number of rotatable bonds is 18. The van der Waals surface area contributed by atoms with Crippen LogP contribution < -0.4 is 21.3 Å². The monoisotopic (exact) mass is 673 g/mol. The van der Waals surface area contributed by atoms with Crippen molar-refractivity contribution in [2.75, 3.05) is 46.1 Å². The van der Waals surface area contributed by atoms with Gasteiger partial charge in [-0.3, -0.25) is 33.7 Å². The van der Waals surface area contributed by atoms with Crippen LogP contribution in [0.25, 0.3) is 0 Å². The summed E-state index contributed by atoms with van der Waals surface area (Å²) < 4.78 is 16.0. The Kier molecular flexibility index (Phi) is 14.5. The van der Waals surface area contributed by atoms with Crippen LogP contribution in [0.2, 0.25) is 0 Å². The van der Waals surface area contributed by atoms with Gasteiger partial charge < -0.3 is 35.5 Å². The fourth-order valence-corrected chi connectivity index (χ4v) is 5.27. The van der Waals surface area contributed by atoms with Crippen LogP contribution in [0.1, 0.15) is 53.5 Å². The molecule has 0 radical (unpaired) electrons. The lowest BCUT2D eigenvalue weighted by molar-refractivity contribution is -0.148. The molecular formula is C34H51N5O9. The van der Waals surface area contributed by atoms with E-state index >= 15 is 0 Å². The number of nitrogens with one attached hydrogen (secondary N) is 4. The molecule has 1 aromatic rings. The molecule has 0 saturated carbocycles. The number of esters is 1. The van der Waals surface area contributed by atoms with Gasteiger partial charge in [0, 0.05) is 26.4 Å². The van der Waals surface area contributed by atoms with E-state index in [0.29, 0.717) is 26.3 Å². The van der Waals surface area contributed by atoms with Gasteiger partial charge in [0.15, 0.2) is 5.78 Å². The van der Waals surface area contributed by atoms with E-state index < -0.39 is 66.0 Å². The molecule has 0 aromatic heterocycles. The number of ketones is 1. The van der Waals surface area contributed by atoms with Crippen LogP contribution in [-0.4, -0.2) is 116 Å². The summed E-state index contributed by atoms with van der Waals surface area (Å²) in [4.78, 5) is 80.4. The lowest BCUT2D eigenvalue weighted by Gasteiger charge is -2.28. The van der Waals surface area contributed by atoms with E-state index in [1.807, 2.05) is 62.9 Å². The van der Waals surface area contributed by atoms with Crippen LogP contribution in [0.15, 0.2) is 30.3 Å². The molecule has 2 heterocycles. The van der Waals surface area contributed by atoms with E-state index in [0.717, 1.165) is 5.56 Å². The van der Waals surface area contributed by atoms with E-state index in [-0.39, 0.29) is 43.6 Å². The minimum absolute atomic E-state index is 0.0105. The van der Waals surface area contributed by atoms with Crippen molar-refractivity contribution in [3.8, 4) is 0 Å². The van der Waals surface area contributed by atoms with Crippen LogP contribution in [0.4, 0.5) is 0 Å². The maximum Gasteiger partial charge on any atom is 0.320 e. The quantitative estimate of drug-likeness (QED) is 0.123. The van der Waals surface area contributed by atoms with Gasteiger partial charge in [-0.1, -0.05) is 58.0 Å². The number of ether oxygens (including phenoxy) is 3. The van der Waals surface area contributed by atoms with Crippen LogP contribution in [0.5, 0.6) is 0 Å². The predicted octanol–water partition coefficient (Wildman–Crippen LogP) is 0.124. The molecule has 0 aliphatic carbocycles. The fraction of sp³-hybridized carbons (Fsp3) is 0.647. The zero-order chi connectivity index (χ0) is 35.4. The zero-order valence-corrected chi connectivity index (χ0v) is 28.8. The molecule has 3 rings (SSSR count). The van der Waals surface area contributed by atoms with E-state index in [1.165, 1.54) is 6.92 Å². The highest BCUT2D eigenvalue weighted by Crippen LogP contribution is 2.30. The molecule has 2 saturated heterocycles. The van der Waals surface area contributed by atoms with E-state index in [1.54, 1.807) is 6.92 Å². The molecule has 266 valence electrons. The fourth-order valence-electron chi connectivity index (χ4n) is 5.27. The van der Waals surface area contributed by atoms with Crippen molar-refractivity contribution in [3.63, 3.8) is 0 Å². The largest absolute Gasteiger partial charge is 0.462 e. The van der Waals surface area contributed by atoms with Gasteiger partial charge in [-0.25, -0.2) is 0 Å². The third-order valence-corrected chi connectivity index (χ3v) is 8.16. The number of carbonyl (C=O) groups is 6. The Labute approximate surface area is 282 Å². The molecule has 4 amide bonds. The topological polar surface area (TPSA) is 185 Å². The Bertz CT molecular complexity index is 1280. The summed E-state index contributed by atoms with van der Waals surface area (Å²) in [7, 11) is 0. The molecule has 14 nitrogen and oxygen atoms in total. The Morgan fingerprint density at radius 3 is 2.00 bits per heavy atom. The SMILES string of the molecule is CC(=O)N[C@@H](COC(=O)CN1CCOCC1)C(=O)N[C@@H](CC(C)C)C(=O)N[C@@H](Cc1ccccc1)C(=O)N[C@H](C(=O)[C@@]1(C)CO1)C(C)C. The maximum atomic E-state index is 13.8. The summed E-state index contributed by atoms with van der Waals surface area (Å²) in [5.74, 6) is -3.51. The maximum absolute atomic E-state index is 13.8. The highest BCUT2D eigenvalue weighted by Gasteiger charge is 2.51. The summed E-state index contributed by atoms with van der Waals surface area (Å²) >= 11 is 0. The smallest absolute Gasteiger partial charge is 0.320 e. The number of hydrogen-bond acceptors (Lipinski definition) is 10. The van der Waals surface area contributed by atoms with Crippen molar-refractivity contribution in [1.29, 1.82) is 0 Å². The number of amides is 4. The summed E-state index contributed by atoms with van der Waals surface area (Å²) in [6, 6.07) is 4.84. The second-order valence-electron chi connectivity index (χ2n) is 13.4. The number of benzene rings is 1. The predicted molar refractivity (Wildman–Crippen MR) is 175 cm³/mol. The highest BCUT2D eigenvalue weighted by molar-refractivity contribution is 5.99. The minimum atomic E-state index is -1.26. The Balaban J connectivity index is 1.74. The lowest BCUT2D eigenvalue weighted by Crippen LogP contribution is -2.59. The van der Waals surface area contributed by atoms with Crippen molar-refractivity contribution in [3.05, 3.63) is 35.9 Å². The Morgan fingerprint density at radius 2 is 1.44 bits per heavy atom. The van der Waals surface area contributed by atoms with Crippen molar-refractivity contribution in [1.82, 2.24) is 26.2 Å². The first kappa shape index (κ1) is 38.6. The van der Waals surface area contributed by atoms with Crippen LogP contribution in [-0.2, 0) is 49.4 Å². The first-order valence-corrected chi connectivity index (χ1v) is 16.5. The Hall–Kier alpha value is -3.88. The van der Waals surface area contributed by atoms with Gasteiger partial charge in [0.1, 0.15) is 30.3 Å². The van der Waals surface area contributed by atoms with Crippen LogP contribution >= 0.6 is 0 Å². The van der Waals surface area contributed by atoms with Crippen molar-refractivity contribution in [2.45, 2.75) is 84.2 Å². The Morgan fingerprint density at radius 1 is 0.854 bits per heavy atom. The van der Waals surface area contributed by atoms with E-state index in [9.17, 15) is 28.8 Å². The van der Waals surface area contributed by atoms with Crippen molar-refractivity contribution in [2.24, 2.45) is 11.8 Å². The first-order valence-electron chi connectivity index (χ1n) is 16.5. The molecule has 48 heavy (non-hydrogen) atoms. The molecular weight excluding hydrogens is 622 g/mol. The molecule has 5 atom stereocenters. The number of epoxide rings is 1. The number of hydrogen-bond donors (Lipinski definition) is 4. The standard InChI is InChI=1S/C34H51N5O9/c1-21(2)16-25(36-33(45)27(35-23(5)40)19-47-28(41)18-39-12-14-46-15-13-39)31(43)37-26(17-24-10-8-7-9-11-24)32(44)38-29(22(3)4)30(42)34(6)20-48-34/h7-11,21-22,25-27,29H,12-20H2,1-6H3,(H,35,40)(H,36,45)(H,37,43)(H,38,44)/t25-,26-,27-,29-,34+/m0/s1. The molecule has 1 aromatic carbocycles. The van der Waals surface area contributed by atoms with Crippen LogP contribution in [0, 0.1) is 11.8 Å². The third kappa shape index (κ3) is 12.3. The second-order valence-corrected chi connectivity index (χ2v) is 13.4. The van der Waals surface area contributed by atoms with Gasteiger partial charge >= 0.3 is 5.97 Å². The molecule has 4 N–H and O–H groups in total. The molecule has 0 bridgehead atoms. The van der Waals surface area contributed by atoms with Gasteiger partial charge in [0.05, 0.1) is 32.4 Å². The normalized spacial score (nSPS) is 20.2. The van der Waals surface area contributed by atoms with Gasteiger partial charge in [-0.05, 0) is 30.7 Å². The average Bonchev–Trinajstić information content (AvgIpc) is 3.79. The number of carbonyl (C=O) groups excluding carboxylic acids is 6. The second kappa shape index (κ2) is 18.0. The number of Topliss-reactive ketones (excluding diaryl/α,β-unsaturated/α-hetero) is 1. The molecule has 2 aliphatic rings. The van der Waals surface area contributed by atoms with E-state index in [2.05, 4.69) is 21.3 Å². The first-order chi connectivity index (χ1) is 22.7. The summed E-state index contributed by atoms with van der Waals surface area (Å²) in [5, 5.41) is 10.8. The molecule has 0 unspecified atom stereocenters. The van der Waals surface area contributed by atoms with Gasteiger partial charge in [0.2, 0.25) is 23.6 Å². The van der Waals surface area contributed by atoms with Gasteiger partial charge in [-0.15, -0.1) is 0 Å². The molecule has 14 heteroatoms. The zero-order valence-electron chi connectivity index (χ0n) is 28.8. The molecule has 2 fully saturated rings. The number of morpholine rings is 1. The highest BCUT2D eigenvalue weighted by atomic mass is 16.6. The van der Waals surface area contributed by atoms with Gasteiger partial charge in [-0.2, -0.15) is 0 Å². The van der Waals surface area contributed by atoms with Crippen LogP contribution in [0.3, 0.4) is 0 Å². The third-order valence-electron chi connectivity index (χ3n) is 8.16. The molecule has 2 aliphatic heterocycles. The van der Waals surface area contributed by atoms with Crippen molar-refractivity contribution < 1.29 is 43.0 Å². The average molecular weight is 674 g/mol. The van der Waals surface area contributed by atoms with E-state index in [4.69, 9.17) is 14.2 Å². The minimum Gasteiger partial charge on any atom is -0.462 e. The summed E-state index contributed by atoms with van der Waals surface area (Å²) in [5.41, 5.74) is -0.175. The summed E-state index contributed by atoms with van der Waals surface area (Å²) in [6.45, 7) is 12.3. The van der Waals surface area contributed by atoms with Crippen molar-refractivity contribution >= 4 is 35.4 Å². The molecule has 0 spiro atoms. The summed E-state index contributed by atoms with van der Waals surface area (Å²) in [6.07, 6.45) is 0.338.